The van der Waals surface area contributed by atoms with E-state index < -0.39 is 0 Å². The third kappa shape index (κ3) is 4.82. The van der Waals surface area contributed by atoms with Crippen LogP contribution in [-0.4, -0.2) is 46.2 Å². The summed E-state index contributed by atoms with van der Waals surface area (Å²) in [5, 5.41) is 12.2. The standard InChI is InChI=1S/C17H24N4O2S/c1-5-21-16(14-8-6-7-12(2)9-14)19-20-17(21)24-11-15(22)18-13(3)10-23-4/h6-9,13H,5,10-11H2,1-4H3,(H,18,22). The Hall–Kier alpha value is -1.86. The van der Waals surface area contributed by atoms with Crippen molar-refractivity contribution < 1.29 is 9.53 Å². The molecule has 1 aromatic carbocycles. The van der Waals surface area contributed by atoms with Crippen LogP contribution in [0.3, 0.4) is 0 Å². The molecule has 1 heterocycles. The molecule has 2 aromatic rings. The molecule has 1 N–H and O–H groups in total. The molecular weight excluding hydrogens is 324 g/mol. The first-order valence-corrected chi connectivity index (χ1v) is 8.95. The van der Waals surface area contributed by atoms with Crippen LogP contribution in [0.2, 0.25) is 0 Å². The fourth-order valence-corrected chi connectivity index (χ4v) is 3.23. The van der Waals surface area contributed by atoms with Crippen LogP contribution in [0, 0.1) is 6.92 Å². The predicted molar refractivity (Wildman–Crippen MR) is 96.1 cm³/mol. The molecule has 24 heavy (non-hydrogen) atoms. The summed E-state index contributed by atoms with van der Waals surface area (Å²) in [4.78, 5) is 12.0. The number of nitrogens with zero attached hydrogens (tertiary/aromatic N) is 3. The van der Waals surface area contributed by atoms with Crippen molar-refractivity contribution in [1.82, 2.24) is 20.1 Å². The van der Waals surface area contributed by atoms with E-state index >= 15 is 0 Å². The van der Waals surface area contributed by atoms with E-state index in [1.165, 1.54) is 17.3 Å². The minimum absolute atomic E-state index is 0.00463. The van der Waals surface area contributed by atoms with E-state index in [4.69, 9.17) is 4.74 Å². The molecule has 0 fully saturated rings. The number of aromatic nitrogens is 3. The van der Waals surface area contributed by atoms with Gasteiger partial charge in [-0.25, -0.2) is 0 Å². The van der Waals surface area contributed by atoms with E-state index in [9.17, 15) is 4.79 Å². The Morgan fingerprint density at radius 3 is 2.88 bits per heavy atom. The lowest BCUT2D eigenvalue weighted by molar-refractivity contribution is -0.119. The summed E-state index contributed by atoms with van der Waals surface area (Å²) in [5.74, 6) is 1.10. The van der Waals surface area contributed by atoms with Crippen LogP contribution in [0.5, 0.6) is 0 Å². The first kappa shape index (κ1) is 18.5. The molecule has 0 aliphatic heterocycles. The van der Waals surface area contributed by atoms with Crippen molar-refractivity contribution in [2.75, 3.05) is 19.5 Å². The van der Waals surface area contributed by atoms with Crippen molar-refractivity contribution in [3.05, 3.63) is 29.8 Å². The lowest BCUT2D eigenvalue weighted by atomic mass is 10.1. The molecule has 1 atom stereocenters. The number of carbonyl (C=O) groups excluding carboxylic acids is 1. The fourth-order valence-electron chi connectivity index (χ4n) is 2.42. The number of amides is 1. The summed E-state index contributed by atoms with van der Waals surface area (Å²) in [6.45, 7) is 7.26. The molecule has 0 aliphatic carbocycles. The van der Waals surface area contributed by atoms with Gasteiger partial charge in [-0.3, -0.25) is 4.79 Å². The number of aryl methyl sites for hydroxylation is 1. The zero-order chi connectivity index (χ0) is 17.5. The second kappa shape index (κ2) is 8.84. The van der Waals surface area contributed by atoms with Crippen molar-refractivity contribution in [3.63, 3.8) is 0 Å². The summed E-state index contributed by atoms with van der Waals surface area (Å²) >= 11 is 1.40. The minimum Gasteiger partial charge on any atom is -0.383 e. The van der Waals surface area contributed by atoms with Crippen molar-refractivity contribution in [2.45, 2.75) is 38.5 Å². The average molecular weight is 348 g/mol. The Labute approximate surface area is 147 Å². The quantitative estimate of drug-likeness (QED) is 0.743. The summed E-state index contributed by atoms with van der Waals surface area (Å²) in [5.41, 5.74) is 2.22. The molecule has 0 radical (unpaired) electrons. The molecule has 0 aliphatic rings. The summed E-state index contributed by atoms with van der Waals surface area (Å²) in [6, 6.07) is 8.17. The summed E-state index contributed by atoms with van der Waals surface area (Å²) < 4.78 is 7.05. The fraction of sp³-hybridized carbons (Fsp3) is 0.471. The molecule has 1 amide bonds. The van der Waals surface area contributed by atoms with Crippen LogP contribution in [0.4, 0.5) is 0 Å². The van der Waals surface area contributed by atoms with Crippen molar-refractivity contribution in [1.29, 1.82) is 0 Å². The number of ether oxygens (including phenoxy) is 1. The van der Waals surface area contributed by atoms with Crippen LogP contribution in [0.25, 0.3) is 11.4 Å². The number of thioether (sulfide) groups is 1. The van der Waals surface area contributed by atoms with Crippen LogP contribution < -0.4 is 5.32 Å². The molecule has 6 nitrogen and oxygen atoms in total. The van der Waals surface area contributed by atoms with Gasteiger partial charge in [0.05, 0.1) is 12.4 Å². The highest BCUT2D eigenvalue weighted by Gasteiger charge is 2.15. The second-order valence-corrected chi connectivity index (χ2v) is 6.57. The molecule has 0 bridgehead atoms. The first-order chi connectivity index (χ1) is 11.5. The maximum absolute atomic E-state index is 12.0. The average Bonchev–Trinajstić information content (AvgIpc) is 2.96. The van der Waals surface area contributed by atoms with Gasteiger partial charge in [0.1, 0.15) is 0 Å². The number of rotatable bonds is 8. The molecule has 2 rings (SSSR count). The number of benzene rings is 1. The molecular formula is C17H24N4O2S. The molecule has 7 heteroatoms. The van der Waals surface area contributed by atoms with Crippen molar-refractivity contribution in [3.8, 4) is 11.4 Å². The van der Waals surface area contributed by atoms with E-state index in [0.717, 1.165) is 23.1 Å². The van der Waals surface area contributed by atoms with Crippen molar-refractivity contribution in [2.24, 2.45) is 0 Å². The van der Waals surface area contributed by atoms with Gasteiger partial charge < -0.3 is 14.6 Å². The van der Waals surface area contributed by atoms with Gasteiger partial charge in [-0.1, -0.05) is 35.5 Å². The van der Waals surface area contributed by atoms with E-state index in [0.29, 0.717) is 12.4 Å². The van der Waals surface area contributed by atoms with Crippen molar-refractivity contribution >= 4 is 17.7 Å². The van der Waals surface area contributed by atoms with Gasteiger partial charge in [0.2, 0.25) is 5.91 Å². The van der Waals surface area contributed by atoms with Crippen LogP contribution in [0.1, 0.15) is 19.4 Å². The summed E-state index contributed by atoms with van der Waals surface area (Å²) in [7, 11) is 1.62. The lowest BCUT2D eigenvalue weighted by Crippen LogP contribution is -2.36. The SMILES string of the molecule is CCn1c(SCC(=O)NC(C)COC)nnc1-c1cccc(C)c1. The maximum atomic E-state index is 12.0. The number of hydrogen-bond acceptors (Lipinski definition) is 5. The lowest BCUT2D eigenvalue weighted by Gasteiger charge is -2.12. The van der Waals surface area contributed by atoms with Gasteiger partial charge in [0, 0.05) is 25.3 Å². The smallest absolute Gasteiger partial charge is 0.230 e. The van der Waals surface area contributed by atoms with Gasteiger partial charge in [-0.15, -0.1) is 10.2 Å². The third-order valence-corrected chi connectivity index (χ3v) is 4.43. The highest BCUT2D eigenvalue weighted by atomic mass is 32.2. The molecule has 1 unspecified atom stereocenters. The van der Waals surface area contributed by atoms with E-state index in [-0.39, 0.29) is 11.9 Å². The predicted octanol–water partition coefficient (Wildman–Crippen LogP) is 2.52. The number of nitrogens with one attached hydrogen (secondary N) is 1. The van der Waals surface area contributed by atoms with E-state index in [1.807, 2.05) is 30.5 Å². The first-order valence-electron chi connectivity index (χ1n) is 7.96. The topological polar surface area (TPSA) is 69.0 Å². The van der Waals surface area contributed by atoms with Crippen LogP contribution in [-0.2, 0) is 16.1 Å². The minimum atomic E-state index is -0.0349. The van der Waals surface area contributed by atoms with Gasteiger partial charge in [0.25, 0.3) is 0 Å². The Bertz CT molecular complexity index is 687. The third-order valence-electron chi connectivity index (χ3n) is 3.47. The van der Waals surface area contributed by atoms with Gasteiger partial charge in [-0.2, -0.15) is 0 Å². The molecule has 0 saturated heterocycles. The maximum Gasteiger partial charge on any atom is 0.230 e. The largest absolute Gasteiger partial charge is 0.383 e. The Morgan fingerprint density at radius 2 is 2.21 bits per heavy atom. The van der Waals surface area contributed by atoms with Gasteiger partial charge in [-0.05, 0) is 26.8 Å². The highest BCUT2D eigenvalue weighted by molar-refractivity contribution is 7.99. The normalized spacial score (nSPS) is 12.2. The van der Waals surface area contributed by atoms with Gasteiger partial charge >= 0.3 is 0 Å². The Kier molecular flexibility index (Phi) is 6.81. The van der Waals surface area contributed by atoms with Gasteiger partial charge in [0.15, 0.2) is 11.0 Å². The number of methoxy groups -OCH3 is 1. The molecule has 1 aromatic heterocycles. The molecule has 0 spiro atoms. The highest BCUT2D eigenvalue weighted by Crippen LogP contribution is 2.24. The zero-order valence-electron chi connectivity index (χ0n) is 14.6. The number of carbonyl (C=O) groups is 1. The Morgan fingerprint density at radius 1 is 1.42 bits per heavy atom. The van der Waals surface area contributed by atoms with Crippen LogP contribution in [0.15, 0.2) is 29.4 Å². The second-order valence-electron chi connectivity index (χ2n) is 5.63. The monoisotopic (exact) mass is 348 g/mol. The zero-order valence-corrected chi connectivity index (χ0v) is 15.4. The Balaban J connectivity index is 2.05. The number of hydrogen-bond donors (Lipinski definition) is 1. The summed E-state index contributed by atoms with van der Waals surface area (Å²) in [6.07, 6.45) is 0. The van der Waals surface area contributed by atoms with E-state index in [2.05, 4.69) is 34.6 Å². The molecule has 0 saturated carbocycles. The molecule has 130 valence electrons. The van der Waals surface area contributed by atoms with E-state index in [1.54, 1.807) is 7.11 Å². The van der Waals surface area contributed by atoms with Crippen LogP contribution >= 0.6 is 11.8 Å².